The van der Waals surface area contributed by atoms with Crippen molar-refractivity contribution in [3.8, 4) is 0 Å². The van der Waals surface area contributed by atoms with Gasteiger partial charge in [-0.1, -0.05) is 19.9 Å². The summed E-state index contributed by atoms with van der Waals surface area (Å²) in [7, 11) is 0. The van der Waals surface area contributed by atoms with Crippen molar-refractivity contribution in [1.29, 1.82) is 0 Å². The summed E-state index contributed by atoms with van der Waals surface area (Å²) >= 11 is 3.58. The monoisotopic (exact) mass is 295 g/mol. The molecule has 0 bridgehead atoms. The first kappa shape index (κ1) is 14.7. The highest BCUT2D eigenvalue weighted by Crippen LogP contribution is 2.18. The van der Waals surface area contributed by atoms with E-state index < -0.39 is 0 Å². The SMILES string of the molecule is CC(C)CNCc1ccc(COCc2cccs2)s1. The van der Waals surface area contributed by atoms with Crippen molar-refractivity contribution < 1.29 is 4.74 Å². The van der Waals surface area contributed by atoms with Gasteiger partial charge in [-0.3, -0.25) is 0 Å². The van der Waals surface area contributed by atoms with E-state index in [1.54, 1.807) is 11.3 Å². The van der Waals surface area contributed by atoms with Crippen LogP contribution in [0.4, 0.5) is 0 Å². The molecule has 2 aromatic heterocycles. The Morgan fingerprint density at radius 1 is 1.11 bits per heavy atom. The number of hydrogen-bond acceptors (Lipinski definition) is 4. The highest BCUT2D eigenvalue weighted by Gasteiger charge is 2.02. The maximum atomic E-state index is 5.72. The van der Waals surface area contributed by atoms with Gasteiger partial charge in [-0.15, -0.1) is 22.7 Å². The van der Waals surface area contributed by atoms with Crippen LogP contribution in [0.15, 0.2) is 29.6 Å². The molecule has 0 aromatic carbocycles. The lowest BCUT2D eigenvalue weighted by atomic mass is 10.2. The lowest BCUT2D eigenvalue weighted by Crippen LogP contribution is -2.18. The van der Waals surface area contributed by atoms with Crippen LogP contribution in [0.25, 0.3) is 0 Å². The van der Waals surface area contributed by atoms with Crippen molar-refractivity contribution in [2.24, 2.45) is 5.92 Å². The van der Waals surface area contributed by atoms with E-state index in [4.69, 9.17) is 4.74 Å². The standard InChI is InChI=1S/C15H21NOS2/c1-12(2)8-16-9-13-5-6-15(19-13)11-17-10-14-4-3-7-18-14/h3-7,12,16H,8-11H2,1-2H3. The molecule has 0 unspecified atom stereocenters. The normalized spacial score (nSPS) is 11.3. The van der Waals surface area contributed by atoms with Gasteiger partial charge in [0.25, 0.3) is 0 Å². The van der Waals surface area contributed by atoms with E-state index in [9.17, 15) is 0 Å². The van der Waals surface area contributed by atoms with Gasteiger partial charge in [0.1, 0.15) is 0 Å². The molecule has 0 spiro atoms. The molecule has 19 heavy (non-hydrogen) atoms. The van der Waals surface area contributed by atoms with Gasteiger partial charge in [0.15, 0.2) is 0 Å². The second-order valence-corrected chi connectivity index (χ2v) is 7.25. The van der Waals surface area contributed by atoms with Crippen molar-refractivity contribution >= 4 is 22.7 Å². The fourth-order valence-corrected chi connectivity index (χ4v) is 3.29. The summed E-state index contributed by atoms with van der Waals surface area (Å²) in [6.07, 6.45) is 0. The van der Waals surface area contributed by atoms with Gasteiger partial charge in [-0.2, -0.15) is 0 Å². The Kier molecular flexibility index (Phi) is 6.04. The summed E-state index contributed by atoms with van der Waals surface area (Å²) in [6, 6.07) is 8.54. The van der Waals surface area contributed by atoms with Gasteiger partial charge in [0, 0.05) is 21.2 Å². The fraction of sp³-hybridized carbons (Fsp3) is 0.467. The van der Waals surface area contributed by atoms with Gasteiger partial charge in [0.2, 0.25) is 0 Å². The highest BCUT2D eigenvalue weighted by atomic mass is 32.1. The second-order valence-electron chi connectivity index (χ2n) is 4.96. The van der Waals surface area contributed by atoms with E-state index in [2.05, 4.69) is 48.8 Å². The van der Waals surface area contributed by atoms with Crippen LogP contribution < -0.4 is 5.32 Å². The molecule has 0 aliphatic carbocycles. The molecule has 2 heterocycles. The summed E-state index contributed by atoms with van der Waals surface area (Å²) in [5, 5.41) is 5.55. The molecule has 0 aliphatic rings. The lowest BCUT2D eigenvalue weighted by Gasteiger charge is -2.05. The third-order valence-corrected chi connectivity index (χ3v) is 4.55. The van der Waals surface area contributed by atoms with E-state index in [-0.39, 0.29) is 0 Å². The zero-order chi connectivity index (χ0) is 13.5. The second kappa shape index (κ2) is 7.80. The topological polar surface area (TPSA) is 21.3 Å². The molecule has 2 aromatic rings. The van der Waals surface area contributed by atoms with Crippen molar-refractivity contribution in [2.75, 3.05) is 6.54 Å². The van der Waals surface area contributed by atoms with Crippen LogP contribution in [-0.4, -0.2) is 6.54 Å². The van der Waals surface area contributed by atoms with Crippen molar-refractivity contribution in [3.63, 3.8) is 0 Å². The minimum atomic E-state index is 0.702. The largest absolute Gasteiger partial charge is 0.370 e. The molecule has 2 nitrogen and oxygen atoms in total. The average molecular weight is 295 g/mol. The number of thiophene rings is 2. The van der Waals surface area contributed by atoms with Gasteiger partial charge < -0.3 is 10.1 Å². The Balaban J connectivity index is 1.68. The number of nitrogens with one attached hydrogen (secondary N) is 1. The van der Waals surface area contributed by atoms with Crippen LogP contribution in [0.2, 0.25) is 0 Å². The first-order chi connectivity index (χ1) is 9.24. The molecule has 0 saturated heterocycles. The first-order valence-corrected chi connectivity index (χ1v) is 8.32. The molecular weight excluding hydrogens is 274 g/mol. The Hall–Kier alpha value is -0.680. The van der Waals surface area contributed by atoms with Crippen molar-refractivity contribution in [3.05, 3.63) is 44.3 Å². The highest BCUT2D eigenvalue weighted by molar-refractivity contribution is 7.12. The third kappa shape index (κ3) is 5.45. The Morgan fingerprint density at radius 2 is 1.89 bits per heavy atom. The summed E-state index contributed by atoms with van der Waals surface area (Å²) in [4.78, 5) is 3.98. The first-order valence-electron chi connectivity index (χ1n) is 6.62. The quantitative estimate of drug-likeness (QED) is 0.785. The maximum Gasteiger partial charge on any atom is 0.0814 e. The van der Waals surface area contributed by atoms with Crippen LogP contribution >= 0.6 is 22.7 Å². The minimum absolute atomic E-state index is 0.702. The van der Waals surface area contributed by atoms with Crippen LogP contribution in [0, 0.1) is 5.92 Å². The predicted molar refractivity (Wildman–Crippen MR) is 83.7 cm³/mol. The van der Waals surface area contributed by atoms with Gasteiger partial charge in [-0.25, -0.2) is 0 Å². The number of ether oxygens (including phenoxy) is 1. The lowest BCUT2D eigenvalue weighted by molar-refractivity contribution is 0.111. The molecular formula is C15H21NOS2. The Labute approximate surface area is 123 Å². The molecule has 104 valence electrons. The van der Waals surface area contributed by atoms with E-state index in [1.807, 2.05) is 11.3 Å². The van der Waals surface area contributed by atoms with E-state index in [1.165, 1.54) is 14.6 Å². The molecule has 0 aliphatic heterocycles. The van der Waals surface area contributed by atoms with Gasteiger partial charge in [0.05, 0.1) is 13.2 Å². The zero-order valence-electron chi connectivity index (χ0n) is 11.5. The maximum absolute atomic E-state index is 5.72. The van der Waals surface area contributed by atoms with E-state index in [0.717, 1.165) is 19.7 Å². The third-order valence-electron chi connectivity index (χ3n) is 2.64. The summed E-state index contributed by atoms with van der Waals surface area (Å²) in [5.41, 5.74) is 0. The Morgan fingerprint density at radius 3 is 2.63 bits per heavy atom. The molecule has 2 rings (SSSR count). The molecule has 0 amide bonds. The van der Waals surface area contributed by atoms with Gasteiger partial charge in [-0.05, 0) is 36.0 Å². The fourth-order valence-electron chi connectivity index (χ4n) is 1.73. The average Bonchev–Trinajstić information content (AvgIpc) is 3.00. The summed E-state index contributed by atoms with van der Waals surface area (Å²) in [6.45, 7) is 7.93. The van der Waals surface area contributed by atoms with Crippen LogP contribution in [0.5, 0.6) is 0 Å². The predicted octanol–water partition coefficient (Wildman–Crippen LogP) is 4.27. The molecule has 0 saturated carbocycles. The van der Waals surface area contributed by atoms with Crippen LogP contribution in [0.1, 0.15) is 28.5 Å². The number of hydrogen-bond donors (Lipinski definition) is 1. The van der Waals surface area contributed by atoms with E-state index in [0.29, 0.717) is 12.5 Å². The molecule has 0 radical (unpaired) electrons. The molecule has 1 N–H and O–H groups in total. The minimum Gasteiger partial charge on any atom is -0.370 e. The smallest absolute Gasteiger partial charge is 0.0814 e. The number of rotatable bonds is 8. The molecule has 0 fully saturated rings. The molecule has 0 atom stereocenters. The Bertz CT molecular complexity index is 462. The summed E-state index contributed by atoms with van der Waals surface area (Å²) in [5.74, 6) is 0.702. The zero-order valence-corrected chi connectivity index (χ0v) is 13.2. The molecule has 4 heteroatoms. The van der Waals surface area contributed by atoms with Crippen LogP contribution in [-0.2, 0) is 24.5 Å². The van der Waals surface area contributed by atoms with Crippen LogP contribution in [0.3, 0.4) is 0 Å². The van der Waals surface area contributed by atoms with E-state index >= 15 is 0 Å². The van der Waals surface area contributed by atoms with Crippen molar-refractivity contribution in [2.45, 2.75) is 33.6 Å². The summed E-state index contributed by atoms with van der Waals surface area (Å²) < 4.78 is 5.72. The van der Waals surface area contributed by atoms with Crippen molar-refractivity contribution in [1.82, 2.24) is 5.32 Å². The van der Waals surface area contributed by atoms with Gasteiger partial charge >= 0.3 is 0 Å².